The van der Waals surface area contributed by atoms with Gasteiger partial charge in [-0.2, -0.15) is 0 Å². The molecule has 0 aliphatic carbocycles. The van der Waals surface area contributed by atoms with Crippen molar-refractivity contribution in [1.29, 1.82) is 0 Å². The van der Waals surface area contributed by atoms with Crippen molar-refractivity contribution in [3.63, 3.8) is 0 Å². The molecule has 32 heavy (non-hydrogen) atoms. The largest absolute Gasteiger partial charge is 0.336 e. The first-order valence-corrected chi connectivity index (χ1v) is 13.1. The van der Waals surface area contributed by atoms with Gasteiger partial charge in [-0.25, -0.2) is 4.98 Å². The molecule has 0 aliphatic heterocycles. The van der Waals surface area contributed by atoms with Crippen LogP contribution in [0.1, 0.15) is 16.4 Å². The normalized spacial score (nSPS) is 14.1. The maximum atomic E-state index is 13.5. The van der Waals surface area contributed by atoms with E-state index in [9.17, 15) is 8.42 Å². The Kier molecular flexibility index (Phi) is 7.58. The summed E-state index contributed by atoms with van der Waals surface area (Å²) in [4.78, 5) is 5.42. The third-order valence-corrected chi connectivity index (χ3v) is 8.76. The van der Waals surface area contributed by atoms with Crippen molar-refractivity contribution in [2.75, 3.05) is 0 Å². The number of nitrogens with zero attached hydrogens (tertiary/aromatic N) is 2. The van der Waals surface area contributed by atoms with Crippen LogP contribution in [0.5, 0.6) is 0 Å². The minimum absolute atomic E-state index is 0.349. The first kappa shape index (κ1) is 22.9. The molecule has 0 radical (unpaired) electrons. The molecule has 3 unspecified atom stereocenters. The van der Waals surface area contributed by atoms with Gasteiger partial charge in [0.1, 0.15) is 0 Å². The highest BCUT2D eigenvalue weighted by Gasteiger charge is 2.22. The second-order valence-electron chi connectivity index (χ2n) is 7.17. The SMILES string of the molecule is O=S(Cc1ccccc1)c1ccc(C(Cn2ccnc2)S(=O)c2ccc(Cl)c(Cl)c2)cc1. The molecule has 164 valence electrons. The minimum atomic E-state index is -1.39. The van der Waals surface area contributed by atoms with E-state index in [1.807, 2.05) is 65.4 Å². The van der Waals surface area contributed by atoms with E-state index in [1.54, 1.807) is 30.7 Å². The third kappa shape index (κ3) is 5.56. The molecule has 0 amide bonds. The standard InChI is InChI=1S/C24H20Cl2N2O2S2/c25-22-11-10-21(14-23(22)26)32(30)24(15-28-13-12-27-17-28)19-6-8-20(9-7-19)31(29)16-18-4-2-1-3-5-18/h1-14,17,24H,15-16H2. The van der Waals surface area contributed by atoms with Crippen LogP contribution in [0.2, 0.25) is 10.0 Å². The summed E-state index contributed by atoms with van der Waals surface area (Å²) in [5.41, 5.74) is 1.90. The molecule has 0 saturated carbocycles. The van der Waals surface area contributed by atoms with Crippen LogP contribution in [0.25, 0.3) is 0 Å². The van der Waals surface area contributed by atoms with Gasteiger partial charge >= 0.3 is 0 Å². The molecule has 0 fully saturated rings. The molecule has 3 atom stereocenters. The van der Waals surface area contributed by atoms with Crippen LogP contribution >= 0.6 is 23.2 Å². The van der Waals surface area contributed by atoms with E-state index in [1.165, 1.54) is 0 Å². The molecule has 0 spiro atoms. The predicted octanol–water partition coefficient (Wildman–Crippen LogP) is 6.05. The number of halogens is 2. The number of hydrogen-bond donors (Lipinski definition) is 0. The van der Waals surface area contributed by atoms with Crippen LogP contribution in [0.15, 0.2) is 101 Å². The van der Waals surface area contributed by atoms with Gasteiger partial charge in [0.25, 0.3) is 0 Å². The Bertz CT molecular complexity index is 1230. The topological polar surface area (TPSA) is 52.0 Å². The molecule has 4 aromatic rings. The van der Waals surface area contributed by atoms with Crippen molar-refractivity contribution < 1.29 is 8.42 Å². The van der Waals surface area contributed by atoms with Gasteiger partial charge in [-0.15, -0.1) is 0 Å². The van der Waals surface area contributed by atoms with Crippen molar-refractivity contribution in [2.45, 2.75) is 27.3 Å². The van der Waals surface area contributed by atoms with Crippen LogP contribution in [-0.4, -0.2) is 18.0 Å². The average molecular weight is 503 g/mol. The lowest BCUT2D eigenvalue weighted by molar-refractivity contribution is 0.634. The first-order chi connectivity index (χ1) is 15.5. The van der Waals surface area contributed by atoms with E-state index >= 15 is 0 Å². The van der Waals surface area contributed by atoms with E-state index in [0.717, 1.165) is 16.0 Å². The van der Waals surface area contributed by atoms with Crippen LogP contribution in [0.4, 0.5) is 0 Å². The maximum absolute atomic E-state index is 13.5. The third-order valence-electron chi connectivity index (χ3n) is 4.97. The molecule has 1 heterocycles. The molecule has 3 aromatic carbocycles. The molecule has 0 bridgehead atoms. The summed E-state index contributed by atoms with van der Waals surface area (Å²) >= 11 is 12.2. The van der Waals surface area contributed by atoms with Crippen LogP contribution in [0, 0.1) is 0 Å². The molecule has 1 aromatic heterocycles. The zero-order chi connectivity index (χ0) is 22.5. The second kappa shape index (κ2) is 10.6. The number of aromatic nitrogens is 2. The highest BCUT2D eigenvalue weighted by atomic mass is 35.5. The van der Waals surface area contributed by atoms with Gasteiger partial charge in [-0.1, -0.05) is 65.7 Å². The summed E-state index contributed by atoms with van der Waals surface area (Å²) < 4.78 is 28.2. The molecule has 4 nitrogen and oxygen atoms in total. The summed E-state index contributed by atoms with van der Waals surface area (Å²) in [6.45, 7) is 0.472. The smallest absolute Gasteiger partial charge is 0.0946 e. The van der Waals surface area contributed by atoms with E-state index in [0.29, 0.717) is 27.2 Å². The fourth-order valence-electron chi connectivity index (χ4n) is 3.29. The fourth-order valence-corrected chi connectivity index (χ4v) is 6.23. The highest BCUT2D eigenvalue weighted by Crippen LogP contribution is 2.31. The average Bonchev–Trinajstić information content (AvgIpc) is 3.33. The Balaban J connectivity index is 1.60. The fraction of sp³-hybridized carbons (Fsp3) is 0.125. The van der Waals surface area contributed by atoms with E-state index in [4.69, 9.17) is 23.2 Å². The van der Waals surface area contributed by atoms with Gasteiger partial charge in [0.2, 0.25) is 0 Å². The van der Waals surface area contributed by atoms with Crippen molar-refractivity contribution in [3.05, 3.63) is 113 Å². The summed E-state index contributed by atoms with van der Waals surface area (Å²) in [6.07, 6.45) is 5.22. The van der Waals surface area contributed by atoms with Gasteiger partial charge in [0, 0.05) is 28.7 Å². The van der Waals surface area contributed by atoms with Gasteiger partial charge in [-0.05, 0) is 41.5 Å². The summed E-state index contributed by atoms with van der Waals surface area (Å²) in [7, 11) is -2.55. The molecule has 0 N–H and O–H groups in total. The molecular weight excluding hydrogens is 483 g/mol. The first-order valence-electron chi connectivity index (χ1n) is 9.85. The summed E-state index contributed by atoms with van der Waals surface area (Å²) in [6, 6.07) is 22.3. The lowest BCUT2D eigenvalue weighted by atomic mass is 10.1. The van der Waals surface area contributed by atoms with E-state index in [-0.39, 0.29) is 5.25 Å². The van der Waals surface area contributed by atoms with Gasteiger partial charge in [-0.3, -0.25) is 8.42 Å². The molecule has 4 rings (SSSR count). The Hall–Kier alpha value is -2.25. The summed E-state index contributed by atoms with van der Waals surface area (Å²) in [5, 5.41) is 0.437. The van der Waals surface area contributed by atoms with Crippen LogP contribution < -0.4 is 0 Å². The quantitative estimate of drug-likeness (QED) is 0.294. The zero-order valence-electron chi connectivity index (χ0n) is 16.9. The van der Waals surface area contributed by atoms with Crippen LogP contribution in [0.3, 0.4) is 0 Å². The minimum Gasteiger partial charge on any atom is -0.336 e. The summed E-state index contributed by atoms with van der Waals surface area (Å²) in [5.74, 6) is 0.452. The number of rotatable bonds is 8. The van der Waals surface area contributed by atoms with E-state index in [2.05, 4.69) is 4.98 Å². The van der Waals surface area contributed by atoms with E-state index < -0.39 is 21.6 Å². The van der Waals surface area contributed by atoms with Crippen LogP contribution in [-0.2, 0) is 33.9 Å². The zero-order valence-corrected chi connectivity index (χ0v) is 20.1. The monoisotopic (exact) mass is 502 g/mol. The van der Waals surface area contributed by atoms with Crippen molar-refractivity contribution in [1.82, 2.24) is 9.55 Å². The predicted molar refractivity (Wildman–Crippen MR) is 131 cm³/mol. The van der Waals surface area contributed by atoms with Gasteiger partial charge in [0.05, 0.1) is 49.0 Å². The highest BCUT2D eigenvalue weighted by molar-refractivity contribution is 7.85. The Morgan fingerprint density at radius 1 is 0.875 bits per heavy atom. The van der Waals surface area contributed by atoms with Crippen molar-refractivity contribution in [2.24, 2.45) is 0 Å². The second-order valence-corrected chi connectivity index (χ2v) is 11.1. The number of benzene rings is 3. The number of hydrogen-bond acceptors (Lipinski definition) is 3. The lowest BCUT2D eigenvalue weighted by Gasteiger charge is -2.18. The number of imidazole rings is 1. The maximum Gasteiger partial charge on any atom is 0.0946 e. The molecule has 0 aliphatic rings. The molecule has 0 saturated heterocycles. The molecular formula is C24H20Cl2N2O2S2. The lowest BCUT2D eigenvalue weighted by Crippen LogP contribution is -2.14. The van der Waals surface area contributed by atoms with Gasteiger partial charge in [0.15, 0.2) is 0 Å². The van der Waals surface area contributed by atoms with Gasteiger partial charge < -0.3 is 4.57 Å². The molecule has 8 heteroatoms. The van der Waals surface area contributed by atoms with Crippen molar-refractivity contribution >= 4 is 44.8 Å². The Labute approximate surface area is 202 Å². The van der Waals surface area contributed by atoms with Crippen molar-refractivity contribution in [3.8, 4) is 0 Å². The Morgan fingerprint density at radius 3 is 2.25 bits per heavy atom. The Morgan fingerprint density at radius 2 is 1.59 bits per heavy atom.